The van der Waals surface area contributed by atoms with E-state index in [2.05, 4.69) is 5.32 Å². The number of nitrogen functional groups attached to an aromatic ring is 1. The van der Waals surface area contributed by atoms with Gasteiger partial charge in [0.05, 0.1) is 6.42 Å². The topological polar surface area (TPSA) is 55.1 Å². The van der Waals surface area contributed by atoms with E-state index in [1.54, 1.807) is 12.1 Å². The minimum absolute atomic E-state index is 0.00171. The van der Waals surface area contributed by atoms with Crippen LogP contribution < -0.4 is 11.1 Å². The Bertz CT molecular complexity index is 660. The van der Waals surface area contributed by atoms with Crippen molar-refractivity contribution in [2.45, 2.75) is 24.7 Å². The highest BCUT2D eigenvalue weighted by Crippen LogP contribution is 2.47. The number of carbonyl (C=O) groups excluding carboxylic acids is 1. The van der Waals surface area contributed by atoms with E-state index in [4.69, 9.17) is 5.73 Å². The molecule has 0 saturated heterocycles. The summed E-state index contributed by atoms with van der Waals surface area (Å²) in [5.41, 5.74) is 8.35. The van der Waals surface area contributed by atoms with Gasteiger partial charge >= 0.3 is 0 Å². The number of nitrogens with two attached hydrogens (primary N) is 1. The maximum Gasteiger partial charge on any atom is 0.224 e. The first-order chi connectivity index (χ1) is 10.6. The summed E-state index contributed by atoms with van der Waals surface area (Å²) >= 11 is 0. The van der Waals surface area contributed by atoms with Crippen LogP contribution in [0.5, 0.6) is 0 Å². The number of hydrogen-bond acceptors (Lipinski definition) is 2. The zero-order chi connectivity index (χ0) is 15.6. The number of nitrogens with one attached hydrogen (secondary N) is 1. The number of rotatable bonds is 5. The lowest BCUT2D eigenvalue weighted by Crippen LogP contribution is -2.33. The maximum absolute atomic E-state index is 13.0. The lowest BCUT2D eigenvalue weighted by molar-refractivity contribution is -0.120. The van der Waals surface area contributed by atoms with E-state index in [0.717, 1.165) is 24.0 Å². The molecule has 114 valence electrons. The molecule has 3 nitrogen and oxygen atoms in total. The predicted octanol–water partition coefficient (Wildman–Crippen LogP) is 2.80. The molecule has 2 aromatic rings. The molecule has 0 aliphatic heterocycles. The lowest BCUT2D eigenvalue weighted by atomic mass is 9.96. The summed E-state index contributed by atoms with van der Waals surface area (Å²) in [5, 5.41) is 3.00. The van der Waals surface area contributed by atoms with E-state index >= 15 is 0 Å². The van der Waals surface area contributed by atoms with Gasteiger partial charge in [-0.3, -0.25) is 4.79 Å². The van der Waals surface area contributed by atoms with Crippen molar-refractivity contribution in [1.82, 2.24) is 5.32 Å². The van der Waals surface area contributed by atoms with Crippen LogP contribution in [0.1, 0.15) is 24.0 Å². The van der Waals surface area contributed by atoms with Gasteiger partial charge in [-0.1, -0.05) is 24.3 Å². The molecule has 0 heterocycles. The summed E-state index contributed by atoms with van der Waals surface area (Å²) in [5.74, 6) is -0.231. The van der Waals surface area contributed by atoms with E-state index in [9.17, 15) is 9.18 Å². The average molecular weight is 298 g/mol. The van der Waals surface area contributed by atoms with Gasteiger partial charge in [-0.2, -0.15) is 0 Å². The number of carbonyl (C=O) groups is 1. The molecule has 1 aliphatic rings. The van der Waals surface area contributed by atoms with E-state index in [1.165, 1.54) is 12.1 Å². The summed E-state index contributed by atoms with van der Waals surface area (Å²) in [6.45, 7) is 0.604. The molecule has 0 bridgehead atoms. The molecular formula is C18H19FN2O. The Morgan fingerprint density at radius 2 is 1.73 bits per heavy atom. The van der Waals surface area contributed by atoms with Crippen molar-refractivity contribution in [3.05, 3.63) is 65.5 Å². The van der Waals surface area contributed by atoms with Gasteiger partial charge in [0.2, 0.25) is 5.91 Å². The summed E-state index contributed by atoms with van der Waals surface area (Å²) in [6, 6.07) is 13.9. The van der Waals surface area contributed by atoms with E-state index in [1.807, 2.05) is 24.3 Å². The van der Waals surface area contributed by atoms with Gasteiger partial charge in [0.1, 0.15) is 5.82 Å². The molecule has 1 amide bonds. The summed E-state index contributed by atoms with van der Waals surface area (Å²) in [7, 11) is 0. The third-order valence-corrected chi connectivity index (χ3v) is 4.28. The Kier molecular flexibility index (Phi) is 3.84. The highest BCUT2D eigenvalue weighted by atomic mass is 19.1. The largest absolute Gasteiger partial charge is 0.399 e. The highest BCUT2D eigenvalue weighted by molar-refractivity contribution is 5.78. The first-order valence-corrected chi connectivity index (χ1v) is 7.45. The Hall–Kier alpha value is -2.36. The van der Waals surface area contributed by atoms with Gasteiger partial charge in [-0.15, -0.1) is 0 Å². The van der Waals surface area contributed by atoms with Crippen LogP contribution in [-0.2, 0) is 16.6 Å². The first kappa shape index (κ1) is 14.6. The molecule has 2 aromatic carbocycles. The van der Waals surface area contributed by atoms with Crippen molar-refractivity contribution in [3.8, 4) is 0 Å². The van der Waals surface area contributed by atoms with Crippen LogP contribution >= 0.6 is 0 Å². The molecule has 1 aliphatic carbocycles. The first-order valence-electron chi connectivity index (χ1n) is 7.45. The van der Waals surface area contributed by atoms with Crippen LogP contribution in [0.25, 0.3) is 0 Å². The highest BCUT2D eigenvalue weighted by Gasteiger charge is 2.44. The molecule has 1 fully saturated rings. The third-order valence-electron chi connectivity index (χ3n) is 4.28. The lowest BCUT2D eigenvalue weighted by Gasteiger charge is -2.16. The molecule has 4 heteroatoms. The van der Waals surface area contributed by atoms with Crippen LogP contribution in [0, 0.1) is 5.82 Å². The Morgan fingerprint density at radius 1 is 1.09 bits per heavy atom. The molecule has 1 saturated carbocycles. The second kappa shape index (κ2) is 5.79. The predicted molar refractivity (Wildman–Crippen MR) is 84.9 cm³/mol. The molecule has 0 atom stereocenters. The molecule has 0 aromatic heterocycles. The fraction of sp³-hybridized carbons (Fsp3) is 0.278. The van der Waals surface area contributed by atoms with Gasteiger partial charge < -0.3 is 11.1 Å². The number of amides is 1. The molecule has 0 spiro atoms. The molecular weight excluding hydrogens is 279 g/mol. The minimum Gasteiger partial charge on any atom is -0.399 e. The van der Waals surface area contributed by atoms with Crippen molar-refractivity contribution in [2.75, 3.05) is 12.3 Å². The van der Waals surface area contributed by atoms with Crippen LogP contribution in [0.4, 0.5) is 10.1 Å². The summed E-state index contributed by atoms with van der Waals surface area (Å²) in [6.07, 6.45) is 2.40. The molecule has 3 N–H and O–H groups in total. The second-order valence-corrected chi connectivity index (χ2v) is 5.98. The van der Waals surface area contributed by atoms with Crippen molar-refractivity contribution in [1.29, 1.82) is 0 Å². The minimum atomic E-state index is -0.230. The molecule has 0 unspecified atom stereocenters. The Balaban J connectivity index is 1.56. The number of halogens is 1. The standard InChI is InChI=1S/C18H19FN2O/c19-15-5-3-14(4-6-15)18(9-10-18)12-21-17(22)11-13-1-7-16(20)8-2-13/h1-8H,9-12,20H2,(H,21,22). The Labute approximate surface area is 129 Å². The molecule has 22 heavy (non-hydrogen) atoms. The average Bonchev–Trinajstić information content (AvgIpc) is 3.30. The second-order valence-electron chi connectivity index (χ2n) is 5.98. The van der Waals surface area contributed by atoms with E-state index in [-0.39, 0.29) is 17.1 Å². The van der Waals surface area contributed by atoms with Crippen molar-refractivity contribution >= 4 is 11.6 Å². The van der Waals surface area contributed by atoms with Gasteiger partial charge in [0.15, 0.2) is 0 Å². The smallest absolute Gasteiger partial charge is 0.224 e. The number of hydrogen-bond donors (Lipinski definition) is 2. The zero-order valence-corrected chi connectivity index (χ0v) is 12.3. The van der Waals surface area contributed by atoms with Gasteiger partial charge in [-0.25, -0.2) is 4.39 Å². The van der Waals surface area contributed by atoms with Crippen LogP contribution in [0.15, 0.2) is 48.5 Å². The zero-order valence-electron chi connectivity index (χ0n) is 12.3. The summed E-state index contributed by atoms with van der Waals surface area (Å²) < 4.78 is 13.0. The normalized spacial score (nSPS) is 15.3. The summed E-state index contributed by atoms with van der Waals surface area (Å²) in [4.78, 5) is 12.1. The fourth-order valence-electron chi connectivity index (χ4n) is 2.67. The third kappa shape index (κ3) is 3.27. The van der Waals surface area contributed by atoms with Crippen LogP contribution in [-0.4, -0.2) is 12.5 Å². The Morgan fingerprint density at radius 3 is 2.32 bits per heavy atom. The SMILES string of the molecule is Nc1ccc(CC(=O)NCC2(c3ccc(F)cc3)CC2)cc1. The quantitative estimate of drug-likeness (QED) is 0.834. The molecule has 3 rings (SSSR count). The van der Waals surface area contributed by atoms with E-state index < -0.39 is 0 Å². The van der Waals surface area contributed by atoms with Crippen molar-refractivity contribution in [3.63, 3.8) is 0 Å². The molecule has 0 radical (unpaired) electrons. The van der Waals surface area contributed by atoms with Crippen molar-refractivity contribution in [2.24, 2.45) is 0 Å². The number of benzene rings is 2. The maximum atomic E-state index is 13.0. The monoisotopic (exact) mass is 298 g/mol. The van der Waals surface area contributed by atoms with Gasteiger partial charge in [0, 0.05) is 17.6 Å². The van der Waals surface area contributed by atoms with Gasteiger partial charge in [-0.05, 0) is 48.2 Å². The fourth-order valence-corrected chi connectivity index (χ4v) is 2.67. The van der Waals surface area contributed by atoms with E-state index in [0.29, 0.717) is 18.7 Å². The van der Waals surface area contributed by atoms with Crippen LogP contribution in [0.3, 0.4) is 0 Å². The van der Waals surface area contributed by atoms with Gasteiger partial charge in [0.25, 0.3) is 0 Å². The van der Waals surface area contributed by atoms with Crippen LogP contribution in [0.2, 0.25) is 0 Å². The number of anilines is 1. The van der Waals surface area contributed by atoms with Crippen molar-refractivity contribution < 1.29 is 9.18 Å².